The Morgan fingerprint density at radius 1 is 1.04 bits per heavy atom. The molecule has 12 heteroatoms. The molecule has 1 aliphatic rings. The molecule has 1 fully saturated rings. The van der Waals surface area contributed by atoms with Crippen molar-refractivity contribution in [3.05, 3.63) is 29.0 Å². The van der Waals surface area contributed by atoms with Crippen molar-refractivity contribution in [3.8, 4) is 0 Å². The molecule has 2 aromatic heterocycles. The molecule has 1 aliphatic heterocycles. The molecule has 0 radical (unpaired) electrons. The van der Waals surface area contributed by atoms with Gasteiger partial charge in [0.1, 0.15) is 4.21 Å². The second-order valence-corrected chi connectivity index (χ2v) is 11.4. The van der Waals surface area contributed by atoms with E-state index in [2.05, 4.69) is 4.98 Å². The lowest BCUT2D eigenvalue weighted by atomic mass is 10.4. The van der Waals surface area contributed by atoms with Crippen molar-refractivity contribution in [1.29, 1.82) is 0 Å². The summed E-state index contributed by atoms with van der Waals surface area (Å²) in [6.07, 6.45) is 3.26. The van der Waals surface area contributed by atoms with Crippen molar-refractivity contribution in [2.24, 2.45) is 7.05 Å². The maximum atomic E-state index is 12.7. The van der Waals surface area contributed by atoms with Gasteiger partial charge in [-0.15, -0.1) is 11.3 Å². The summed E-state index contributed by atoms with van der Waals surface area (Å²) in [7, 11) is -5.71. The highest BCUT2D eigenvalue weighted by atomic mass is 35.5. The Morgan fingerprint density at radius 3 is 2.20 bits per heavy atom. The van der Waals surface area contributed by atoms with Crippen molar-refractivity contribution in [3.63, 3.8) is 0 Å². The average Bonchev–Trinajstić information content (AvgIpc) is 3.08. The molecular weight excluding hydrogens is 408 g/mol. The Morgan fingerprint density at radius 2 is 1.68 bits per heavy atom. The fourth-order valence-electron chi connectivity index (χ4n) is 2.57. The molecule has 0 unspecified atom stereocenters. The summed E-state index contributed by atoms with van der Waals surface area (Å²) in [5.74, 6) is 0. The van der Waals surface area contributed by atoms with E-state index in [0.29, 0.717) is 10.8 Å². The normalized spacial score (nSPS) is 18.3. The fourth-order valence-corrected chi connectivity index (χ4v) is 7.11. The largest absolute Gasteiger partial charge is 0.339 e. The number of hydrogen-bond donors (Lipinski definition) is 0. The number of sulfonamides is 2. The zero-order valence-corrected chi connectivity index (χ0v) is 16.6. The number of rotatable bonds is 4. The number of nitrogens with zero attached hydrogens (tertiary/aromatic N) is 4. The lowest BCUT2D eigenvalue weighted by molar-refractivity contribution is 0.404. The standard InChI is InChI=1S/C13H17ClN4O4S3/c1-16-9-12(15-10-16)24(19,20)17-5-2-6-18(8-7-17)25(21,22)13-4-3-11(14)23-13/h3-4,9-10H,2,5-8H2,1H3. The molecule has 0 amide bonds. The number of aromatic nitrogens is 2. The molecule has 25 heavy (non-hydrogen) atoms. The lowest BCUT2D eigenvalue weighted by Crippen LogP contribution is -2.37. The first-order chi connectivity index (χ1) is 11.7. The molecule has 0 aliphatic carbocycles. The lowest BCUT2D eigenvalue weighted by Gasteiger charge is -2.20. The van der Waals surface area contributed by atoms with E-state index in [1.165, 1.54) is 33.3 Å². The summed E-state index contributed by atoms with van der Waals surface area (Å²) in [5.41, 5.74) is 0. The van der Waals surface area contributed by atoms with Gasteiger partial charge in [-0.25, -0.2) is 21.8 Å². The molecule has 138 valence electrons. The van der Waals surface area contributed by atoms with Gasteiger partial charge in [0.25, 0.3) is 20.0 Å². The van der Waals surface area contributed by atoms with Gasteiger partial charge in [-0.2, -0.15) is 8.61 Å². The number of thiophene rings is 1. The Hall–Kier alpha value is -0.980. The van der Waals surface area contributed by atoms with Crippen molar-refractivity contribution in [2.45, 2.75) is 15.7 Å². The van der Waals surface area contributed by atoms with Crippen molar-refractivity contribution in [2.75, 3.05) is 26.2 Å². The van der Waals surface area contributed by atoms with Gasteiger partial charge in [-0.1, -0.05) is 11.6 Å². The highest BCUT2D eigenvalue weighted by Gasteiger charge is 2.33. The monoisotopic (exact) mass is 424 g/mol. The van der Waals surface area contributed by atoms with E-state index in [1.54, 1.807) is 11.6 Å². The second kappa shape index (κ2) is 6.97. The fraction of sp³-hybridized carbons (Fsp3) is 0.462. The minimum atomic E-state index is -3.73. The van der Waals surface area contributed by atoms with E-state index in [-0.39, 0.29) is 35.4 Å². The third kappa shape index (κ3) is 3.76. The van der Waals surface area contributed by atoms with Crippen LogP contribution in [0.2, 0.25) is 4.34 Å². The van der Waals surface area contributed by atoms with Crippen LogP contribution in [0.4, 0.5) is 0 Å². The quantitative estimate of drug-likeness (QED) is 0.735. The van der Waals surface area contributed by atoms with E-state index in [0.717, 1.165) is 11.3 Å². The molecule has 0 aromatic carbocycles. The molecule has 0 N–H and O–H groups in total. The molecule has 0 bridgehead atoms. The summed E-state index contributed by atoms with van der Waals surface area (Å²) in [6, 6.07) is 3.00. The zero-order valence-electron chi connectivity index (χ0n) is 13.4. The molecule has 8 nitrogen and oxygen atoms in total. The Balaban J connectivity index is 1.79. The van der Waals surface area contributed by atoms with Crippen molar-refractivity contribution < 1.29 is 16.8 Å². The molecule has 3 heterocycles. The number of aryl methyl sites for hydroxylation is 1. The molecule has 1 saturated heterocycles. The van der Waals surface area contributed by atoms with Crippen molar-refractivity contribution in [1.82, 2.24) is 18.2 Å². The topological polar surface area (TPSA) is 92.6 Å². The van der Waals surface area contributed by atoms with Crippen LogP contribution < -0.4 is 0 Å². The first kappa shape index (κ1) is 18.8. The van der Waals surface area contributed by atoms with E-state index < -0.39 is 20.0 Å². The van der Waals surface area contributed by atoms with E-state index in [4.69, 9.17) is 11.6 Å². The number of halogens is 1. The first-order valence-electron chi connectivity index (χ1n) is 7.45. The van der Waals surface area contributed by atoms with E-state index in [1.807, 2.05) is 0 Å². The minimum absolute atomic E-state index is 0.0312. The van der Waals surface area contributed by atoms with Crippen LogP contribution in [0, 0.1) is 0 Å². The summed E-state index contributed by atoms with van der Waals surface area (Å²) >= 11 is 6.82. The molecule has 3 rings (SSSR count). The van der Waals surface area contributed by atoms with Crippen LogP contribution in [0.25, 0.3) is 0 Å². The first-order valence-corrected chi connectivity index (χ1v) is 11.5. The predicted molar refractivity (Wildman–Crippen MR) is 94.7 cm³/mol. The van der Waals surface area contributed by atoms with Gasteiger partial charge in [0.05, 0.1) is 10.7 Å². The predicted octanol–water partition coefficient (Wildman–Crippen LogP) is 1.22. The summed E-state index contributed by atoms with van der Waals surface area (Å²) < 4.78 is 55.4. The van der Waals surface area contributed by atoms with Gasteiger partial charge >= 0.3 is 0 Å². The summed E-state index contributed by atoms with van der Waals surface area (Å²) in [6.45, 7) is 0.670. The highest BCUT2D eigenvalue weighted by molar-refractivity contribution is 7.91. The van der Waals surface area contributed by atoms with Gasteiger partial charge in [-0.05, 0) is 18.6 Å². The number of hydrogen-bond acceptors (Lipinski definition) is 6. The highest BCUT2D eigenvalue weighted by Crippen LogP contribution is 2.29. The van der Waals surface area contributed by atoms with Gasteiger partial charge < -0.3 is 4.57 Å². The number of imidazole rings is 1. The molecule has 0 atom stereocenters. The van der Waals surface area contributed by atoms with E-state index in [9.17, 15) is 16.8 Å². The minimum Gasteiger partial charge on any atom is -0.339 e. The Labute approximate surface area is 155 Å². The van der Waals surface area contributed by atoms with Gasteiger partial charge in [0.2, 0.25) is 0 Å². The van der Waals surface area contributed by atoms with Crippen LogP contribution in [0.1, 0.15) is 6.42 Å². The van der Waals surface area contributed by atoms with E-state index >= 15 is 0 Å². The van der Waals surface area contributed by atoms with Gasteiger partial charge in [-0.3, -0.25) is 0 Å². The van der Waals surface area contributed by atoms with Crippen LogP contribution in [-0.2, 0) is 27.1 Å². The zero-order chi connectivity index (χ0) is 18.2. The van der Waals surface area contributed by atoms with Crippen LogP contribution in [0.5, 0.6) is 0 Å². The molecule has 0 spiro atoms. The summed E-state index contributed by atoms with van der Waals surface area (Å²) in [4.78, 5) is 3.90. The third-order valence-electron chi connectivity index (χ3n) is 3.84. The van der Waals surface area contributed by atoms with Gasteiger partial charge in [0, 0.05) is 39.4 Å². The van der Waals surface area contributed by atoms with Crippen LogP contribution in [0.3, 0.4) is 0 Å². The summed E-state index contributed by atoms with van der Waals surface area (Å²) in [5, 5.41) is -0.0312. The molecule has 0 saturated carbocycles. The molecular formula is C13H17ClN4O4S3. The maximum absolute atomic E-state index is 12.7. The smallest absolute Gasteiger partial charge is 0.262 e. The SMILES string of the molecule is Cn1cnc(S(=O)(=O)N2CCCN(S(=O)(=O)c3ccc(Cl)s3)CC2)c1. The Bertz CT molecular complexity index is 889. The second-order valence-electron chi connectivity index (χ2n) is 5.60. The molecule has 2 aromatic rings. The van der Waals surface area contributed by atoms with Crippen LogP contribution in [-0.4, -0.2) is 61.2 Å². The van der Waals surface area contributed by atoms with Gasteiger partial charge in [0.15, 0.2) is 5.03 Å². The van der Waals surface area contributed by atoms with Crippen molar-refractivity contribution >= 4 is 43.0 Å². The van der Waals surface area contributed by atoms with Crippen LogP contribution >= 0.6 is 22.9 Å². The third-order valence-corrected chi connectivity index (χ3v) is 9.22. The maximum Gasteiger partial charge on any atom is 0.262 e. The van der Waals surface area contributed by atoms with Crippen LogP contribution in [0.15, 0.2) is 33.9 Å². The Kier molecular flexibility index (Phi) is 5.24. The average molecular weight is 425 g/mol.